The summed E-state index contributed by atoms with van der Waals surface area (Å²) in [6.07, 6.45) is 2.31. The van der Waals surface area contributed by atoms with Crippen LogP contribution in [0.2, 0.25) is 0 Å². The van der Waals surface area contributed by atoms with Crippen LogP contribution in [0.3, 0.4) is 0 Å². The molecule has 110 valence electrons. The molecule has 0 aliphatic carbocycles. The molecule has 2 atom stereocenters. The van der Waals surface area contributed by atoms with Gasteiger partial charge >= 0.3 is 5.97 Å². The molecule has 0 saturated carbocycles. The van der Waals surface area contributed by atoms with Crippen molar-refractivity contribution in [2.45, 2.75) is 38.4 Å². The first-order valence-corrected chi connectivity index (χ1v) is 7.72. The molecule has 0 aromatic heterocycles. The molecule has 0 bridgehead atoms. The van der Waals surface area contributed by atoms with E-state index >= 15 is 0 Å². The largest absolute Gasteiger partial charge is 0.478 e. The van der Waals surface area contributed by atoms with Crippen LogP contribution in [0.5, 0.6) is 0 Å². The molecule has 20 heavy (non-hydrogen) atoms. The minimum atomic E-state index is -0.894. The Hall–Kier alpha value is -0.910. The van der Waals surface area contributed by atoms with E-state index in [4.69, 9.17) is 5.11 Å². The van der Waals surface area contributed by atoms with Gasteiger partial charge < -0.3 is 15.3 Å². The van der Waals surface area contributed by atoms with Crippen molar-refractivity contribution in [3.8, 4) is 0 Å². The Morgan fingerprint density at radius 3 is 2.90 bits per heavy atom. The van der Waals surface area contributed by atoms with Crippen molar-refractivity contribution in [3.05, 3.63) is 33.8 Å². The van der Waals surface area contributed by atoms with Crippen LogP contribution in [0.1, 0.15) is 35.7 Å². The molecule has 1 aromatic rings. The van der Waals surface area contributed by atoms with Crippen LogP contribution in [0.25, 0.3) is 0 Å². The molecule has 0 radical (unpaired) electrons. The normalized spacial score (nSPS) is 23.8. The van der Waals surface area contributed by atoms with E-state index in [0.717, 1.165) is 36.0 Å². The molecule has 0 spiro atoms. The molecular weight excluding hydrogens is 320 g/mol. The molecule has 1 aliphatic rings. The van der Waals surface area contributed by atoms with Crippen LogP contribution in [0.4, 0.5) is 0 Å². The molecule has 1 fully saturated rings. The average molecular weight is 341 g/mol. The average Bonchev–Trinajstić information content (AvgIpc) is 2.41. The van der Waals surface area contributed by atoms with Crippen LogP contribution in [0, 0.1) is 0 Å². The summed E-state index contributed by atoms with van der Waals surface area (Å²) in [7, 11) is 2.17. The minimum Gasteiger partial charge on any atom is -0.478 e. The third-order valence-electron chi connectivity index (χ3n) is 4.09. The second kappa shape index (κ2) is 6.70. The molecule has 0 amide bonds. The van der Waals surface area contributed by atoms with Gasteiger partial charge in [0.15, 0.2) is 0 Å². The number of aromatic carboxylic acids is 1. The highest BCUT2D eigenvalue weighted by atomic mass is 79.9. The van der Waals surface area contributed by atoms with E-state index in [9.17, 15) is 4.79 Å². The number of carbonyl (C=O) groups is 1. The van der Waals surface area contributed by atoms with Crippen molar-refractivity contribution in [2.75, 3.05) is 13.6 Å². The summed E-state index contributed by atoms with van der Waals surface area (Å²) in [6.45, 7) is 4.14. The van der Waals surface area contributed by atoms with Crippen molar-refractivity contribution in [1.29, 1.82) is 0 Å². The summed E-state index contributed by atoms with van der Waals surface area (Å²) in [5, 5.41) is 12.5. The first kappa shape index (κ1) is 15.5. The molecule has 1 saturated heterocycles. The number of hydrogen-bond donors (Lipinski definition) is 2. The van der Waals surface area contributed by atoms with Crippen molar-refractivity contribution in [3.63, 3.8) is 0 Å². The number of carboxylic acid groups (broad SMARTS) is 1. The van der Waals surface area contributed by atoms with E-state index < -0.39 is 5.97 Å². The molecule has 2 rings (SSSR count). The molecule has 1 heterocycles. The number of nitrogens with one attached hydrogen (secondary N) is 1. The topological polar surface area (TPSA) is 52.6 Å². The molecular formula is C15H21BrN2O2. The number of nitrogens with zero attached hydrogens (tertiary/aromatic N) is 1. The maximum absolute atomic E-state index is 10.9. The summed E-state index contributed by atoms with van der Waals surface area (Å²) in [5.74, 6) is -0.894. The van der Waals surface area contributed by atoms with Gasteiger partial charge in [0.05, 0.1) is 5.56 Å². The number of piperidine rings is 1. The van der Waals surface area contributed by atoms with Crippen LogP contribution in [-0.4, -0.2) is 41.7 Å². The van der Waals surface area contributed by atoms with E-state index in [1.807, 2.05) is 6.07 Å². The first-order valence-electron chi connectivity index (χ1n) is 6.92. The Morgan fingerprint density at radius 1 is 1.55 bits per heavy atom. The summed E-state index contributed by atoms with van der Waals surface area (Å²) >= 11 is 3.45. The predicted molar refractivity (Wildman–Crippen MR) is 83.1 cm³/mol. The van der Waals surface area contributed by atoms with Crippen LogP contribution in [0.15, 0.2) is 22.7 Å². The smallest absolute Gasteiger partial charge is 0.335 e. The quantitative estimate of drug-likeness (QED) is 0.884. The van der Waals surface area contributed by atoms with E-state index in [1.54, 1.807) is 12.1 Å². The highest BCUT2D eigenvalue weighted by Crippen LogP contribution is 2.20. The number of benzene rings is 1. The zero-order chi connectivity index (χ0) is 14.7. The lowest BCUT2D eigenvalue weighted by Gasteiger charge is -2.35. The van der Waals surface area contributed by atoms with Gasteiger partial charge in [-0.15, -0.1) is 0 Å². The molecule has 1 aliphatic heterocycles. The molecule has 2 unspecified atom stereocenters. The highest BCUT2D eigenvalue weighted by Gasteiger charge is 2.22. The SMILES string of the molecule is CC1CC(NCc2ccc(C(=O)O)cc2Br)CCN1C. The van der Waals surface area contributed by atoms with E-state index in [1.165, 1.54) is 0 Å². The maximum Gasteiger partial charge on any atom is 0.335 e. The van der Waals surface area contributed by atoms with E-state index in [2.05, 4.69) is 40.1 Å². The number of hydrogen-bond acceptors (Lipinski definition) is 3. The molecule has 4 nitrogen and oxygen atoms in total. The summed E-state index contributed by atoms with van der Waals surface area (Å²) in [5.41, 5.74) is 1.41. The van der Waals surface area contributed by atoms with Crippen LogP contribution < -0.4 is 5.32 Å². The Kier molecular flexibility index (Phi) is 5.18. The molecule has 5 heteroatoms. The van der Waals surface area contributed by atoms with E-state index in [-0.39, 0.29) is 0 Å². The fourth-order valence-corrected chi connectivity index (χ4v) is 3.07. The van der Waals surface area contributed by atoms with Crippen molar-refractivity contribution < 1.29 is 9.90 Å². The van der Waals surface area contributed by atoms with Crippen molar-refractivity contribution in [1.82, 2.24) is 10.2 Å². The Bertz CT molecular complexity index is 493. The number of rotatable bonds is 4. The highest BCUT2D eigenvalue weighted by molar-refractivity contribution is 9.10. The fraction of sp³-hybridized carbons (Fsp3) is 0.533. The number of halogens is 1. The second-order valence-electron chi connectivity index (χ2n) is 5.54. The molecule has 1 aromatic carbocycles. The summed E-state index contributed by atoms with van der Waals surface area (Å²) < 4.78 is 0.853. The van der Waals surface area contributed by atoms with Gasteiger partial charge in [-0.2, -0.15) is 0 Å². The lowest BCUT2D eigenvalue weighted by atomic mass is 9.98. The van der Waals surface area contributed by atoms with Crippen molar-refractivity contribution in [2.24, 2.45) is 0 Å². The standard InChI is InChI=1S/C15H21BrN2O2/c1-10-7-13(5-6-18(10)2)17-9-12-4-3-11(15(19)20)8-14(12)16/h3-4,8,10,13,17H,5-7,9H2,1-2H3,(H,19,20). The van der Waals surface area contributed by atoms with Gasteiger partial charge in [0.25, 0.3) is 0 Å². The Labute approximate surface area is 128 Å². The van der Waals surface area contributed by atoms with Crippen molar-refractivity contribution >= 4 is 21.9 Å². The third kappa shape index (κ3) is 3.81. The first-order chi connectivity index (χ1) is 9.47. The second-order valence-corrected chi connectivity index (χ2v) is 6.40. The molecule has 2 N–H and O–H groups in total. The van der Waals surface area contributed by atoms with Gasteiger partial charge in [-0.3, -0.25) is 0 Å². The van der Waals surface area contributed by atoms with Gasteiger partial charge in [-0.05, 0) is 51.1 Å². The summed E-state index contributed by atoms with van der Waals surface area (Å²) in [6, 6.07) is 6.34. The maximum atomic E-state index is 10.9. The van der Waals surface area contributed by atoms with Gasteiger partial charge in [0.1, 0.15) is 0 Å². The number of carboxylic acids is 1. The van der Waals surface area contributed by atoms with E-state index in [0.29, 0.717) is 17.6 Å². The zero-order valence-electron chi connectivity index (χ0n) is 11.9. The van der Waals surface area contributed by atoms with Gasteiger partial charge in [0, 0.05) is 23.1 Å². The van der Waals surface area contributed by atoms with Crippen LogP contribution in [-0.2, 0) is 6.54 Å². The van der Waals surface area contributed by atoms with Gasteiger partial charge in [0.2, 0.25) is 0 Å². The predicted octanol–water partition coefficient (Wildman–Crippen LogP) is 2.72. The van der Waals surface area contributed by atoms with Gasteiger partial charge in [-0.25, -0.2) is 4.79 Å². The monoisotopic (exact) mass is 340 g/mol. The Balaban J connectivity index is 1.93. The zero-order valence-corrected chi connectivity index (χ0v) is 13.5. The van der Waals surface area contributed by atoms with Gasteiger partial charge in [-0.1, -0.05) is 22.0 Å². The summed E-state index contributed by atoms with van der Waals surface area (Å²) in [4.78, 5) is 13.3. The fourth-order valence-electron chi connectivity index (χ4n) is 2.55. The Morgan fingerprint density at radius 2 is 2.30 bits per heavy atom. The third-order valence-corrected chi connectivity index (χ3v) is 4.83. The van der Waals surface area contributed by atoms with Crippen LogP contribution >= 0.6 is 15.9 Å². The lowest BCUT2D eigenvalue weighted by Crippen LogP contribution is -2.45. The number of likely N-dealkylation sites (tertiary alicyclic amines) is 1. The minimum absolute atomic E-state index is 0.313. The lowest BCUT2D eigenvalue weighted by molar-refractivity contribution is 0.0697.